The van der Waals surface area contributed by atoms with Crippen molar-refractivity contribution < 1.29 is 42.3 Å². The Balaban J connectivity index is 0.00000196. The zero-order valence-corrected chi connectivity index (χ0v) is 11.8. The molecule has 1 radical (unpaired) electrons. The van der Waals surface area contributed by atoms with E-state index in [2.05, 4.69) is 0 Å². The van der Waals surface area contributed by atoms with Gasteiger partial charge in [-0.15, -0.1) is 0 Å². The average Bonchev–Trinajstić information content (AvgIpc) is 2.15. The smallest absolute Gasteiger partial charge is 0.110 e. The monoisotopic (exact) mass is 278 g/mol. The molecular formula is C12H13O2Y-. The Morgan fingerprint density at radius 2 is 1.67 bits per heavy atom. The molecule has 1 unspecified atom stereocenters. The molecule has 0 aliphatic heterocycles. The molecule has 0 bridgehead atoms. The van der Waals surface area contributed by atoms with Gasteiger partial charge in [-0.25, -0.2) is 0 Å². The summed E-state index contributed by atoms with van der Waals surface area (Å²) in [4.78, 5) is 22.2. The van der Waals surface area contributed by atoms with E-state index in [-0.39, 0.29) is 44.3 Å². The summed E-state index contributed by atoms with van der Waals surface area (Å²) < 4.78 is 0. The normalized spacial score (nSPS) is 11.1. The SMILES string of the molecule is CC(=O)[CH-]C(C(C)=O)c1ccccc1.[Y]. The van der Waals surface area contributed by atoms with Gasteiger partial charge in [0.1, 0.15) is 5.78 Å². The van der Waals surface area contributed by atoms with Gasteiger partial charge in [-0.3, -0.25) is 0 Å². The molecule has 1 aromatic rings. The van der Waals surface area contributed by atoms with Gasteiger partial charge in [-0.1, -0.05) is 41.8 Å². The van der Waals surface area contributed by atoms with Crippen LogP contribution in [0.5, 0.6) is 0 Å². The van der Waals surface area contributed by atoms with Crippen LogP contribution >= 0.6 is 0 Å². The van der Waals surface area contributed by atoms with E-state index in [1.807, 2.05) is 30.3 Å². The first-order valence-corrected chi connectivity index (χ1v) is 4.52. The molecule has 0 saturated heterocycles. The molecule has 0 N–H and O–H groups in total. The zero-order valence-electron chi connectivity index (χ0n) is 8.94. The van der Waals surface area contributed by atoms with Crippen LogP contribution in [0, 0.1) is 6.42 Å². The van der Waals surface area contributed by atoms with Crippen molar-refractivity contribution in [3.63, 3.8) is 0 Å². The molecule has 0 amide bonds. The van der Waals surface area contributed by atoms with Crippen molar-refractivity contribution in [2.45, 2.75) is 19.8 Å². The van der Waals surface area contributed by atoms with Crippen molar-refractivity contribution in [2.75, 3.05) is 0 Å². The molecule has 0 fully saturated rings. The first-order valence-electron chi connectivity index (χ1n) is 4.52. The van der Waals surface area contributed by atoms with E-state index in [1.165, 1.54) is 20.3 Å². The van der Waals surface area contributed by atoms with Crippen LogP contribution in [0.25, 0.3) is 0 Å². The van der Waals surface area contributed by atoms with Crippen LogP contribution in [0.3, 0.4) is 0 Å². The van der Waals surface area contributed by atoms with E-state index < -0.39 is 5.92 Å². The topological polar surface area (TPSA) is 34.1 Å². The van der Waals surface area contributed by atoms with Crippen LogP contribution < -0.4 is 0 Å². The average molecular weight is 278 g/mol. The molecule has 0 aliphatic rings. The van der Waals surface area contributed by atoms with E-state index in [0.717, 1.165) is 5.56 Å². The molecule has 0 saturated carbocycles. The second-order valence-corrected chi connectivity index (χ2v) is 3.28. The minimum atomic E-state index is -0.395. The van der Waals surface area contributed by atoms with Gasteiger partial charge in [0.25, 0.3) is 0 Å². The summed E-state index contributed by atoms with van der Waals surface area (Å²) in [5.74, 6) is -0.478. The third kappa shape index (κ3) is 4.72. The van der Waals surface area contributed by atoms with Gasteiger partial charge in [0.15, 0.2) is 0 Å². The summed E-state index contributed by atoms with van der Waals surface area (Å²) in [7, 11) is 0. The van der Waals surface area contributed by atoms with Crippen LogP contribution in [0.4, 0.5) is 0 Å². The van der Waals surface area contributed by atoms with Crippen LogP contribution in [-0.2, 0) is 42.3 Å². The van der Waals surface area contributed by atoms with Gasteiger partial charge in [0, 0.05) is 32.7 Å². The quantitative estimate of drug-likeness (QED) is 0.791. The standard InChI is InChI=1S/C12H13O2.Y/c1-9(13)8-12(10(2)14)11-6-4-3-5-7-11;/h3-8,12H,1-2H3;/q-1;. The Morgan fingerprint density at radius 1 is 1.13 bits per heavy atom. The predicted molar refractivity (Wildman–Crippen MR) is 54.8 cm³/mol. The van der Waals surface area contributed by atoms with E-state index in [4.69, 9.17) is 0 Å². The number of hydrogen-bond donors (Lipinski definition) is 0. The number of hydrogen-bond acceptors (Lipinski definition) is 2. The van der Waals surface area contributed by atoms with Gasteiger partial charge < -0.3 is 16.0 Å². The third-order valence-corrected chi connectivity index (χ3v) is 2.00. The minimum Gasteiger partial charge on any atom is -0.335 e. The summed E-state index contributed by atoms with van der Waals surface area (Å²) in [6.07, 6.45) is 1.46. The third-order valence-electron chi connectivity index (χ3n) is 2.00. The Hall–Kier alpha value is -0.466. The number of carbonyl (C=O) groups is 2. The van der Waals surface area contributed by atoms with Crippen LogP contribution in [-0.4, -0.2) is 11.6 Å². The summed E-state index contributed by atoms with van der Waals surface area (Å²) in [5, 5.41) is 0. The molecule has 77 valence electrons. The van der Waals surface area contributed by atoms with Gasteiger partial charge in [0.05, 0.1) is 0 Å². The molecule has 1 rings (SSSR count). The molecule has 1 aromatic carbocycles. The fraction of sp³-hybridized carbons (Fsp3) is 0.250. The first-order chi connectivity index (χ1) is 6.61. The van der Waals surface area contributed by atoms with Crippen molar-refractivity contribution in [2.24, 2.45) is 0 Å². The molecule has 0 aliphatic carbocycles. The fourth-order valence-corrected chi connectivity index (χ4v) is 1.34. The Labute approximate surface area is 115 Å². The van der Waals surface area contributed by atoms with Crippen molar-refractivity contribution in [1.82, 2.24) is 0 Å². The number of ketones is 2. The second-order valence-electron chi connectivity index (χ2n) is 3.28. The maximum absolute atomic E-state index is 11.3. The summed E-state index contributed by atoms with van der Waals surface area (Å²) in [6.45, 7) is 2.95. The van der Waals surface area contributed by atoms with E-state index in [0.29, 0.717) is 0 Å². The van der Waals surface area contributed by atoms with Gasteiger partial charge in [-0.05, 0) is 19.6 Å². The largest absolute Gasteiger partial charge is 0.335 e. The van der Waals surface area contributed by atoms with Crippen molar-refractivity contribution in [3.8, 4) is 0 Å². The zero-order chi connectivity index (χ0) is 10.6. The maximum atomic E-state index is 11.3. The number of Topliss-reactive ketones (excluding diaryl/α,β-unsaturated/α-hetero) is 2. The molecule has 0 spiro atoms. The predicted octanol–water partition coefficient (Wildman–Crippen LogP) is 2.15. The van der Waals surface area contributed by atoms with Crippen molar-refractivity contribution in [1.29, 1.82) is 0 Å². The van der Waals surface area contributed by atoms with Crippen LogP contribution in [0.2, 0.25) is 0 Å². The maximum Gasteiger partial charge on any atom is 0.110 e. The fourth-order valence-electron chi connectivity index (χ4n) is 1.34. The Kier molecular flexibility index (Phi) is 6.70. The summed E-state index contributed by atoms with van der Waals surface area (Å²) >= 11 is 0. The molecule has 0 heterocycles. The Bertz CT molecular complexity index is 333. The minimum absolute atomic E-state index is 0. The van der Waals surface area contributed by atoms with E-state index >= 15 is 0 Å². The van der Waals surface area contributed by atoms with Gasteiger partial charge >= 0.3 is 0 Å². The number of rotatable bonds is 4. The van der Waals surface area contributed by atoms with E-state index in [9.17, 15) is 9.59 Å². The second kappa shape index (κ2) is 6.92. The first kappa shape index (κ1) is 14.5. The van der Waals surface area contributed by atoms with E-state index in [1.54, 1.807) is 0 Å². The van der Waals surface area contributed by atoms with Gasteiger partial charge in [0.2, 0.25) is 0 Å². The van der Waals surface area contributed by atoms with Crippen molar-refractivity contribution in [3.05, 3.63) is 42.3 Å². The molecule has 3 heteroatoms. The summed E-state index contributed by atoms with van der Waals surface area (Å²) in [6, 6.07) is 9.31. The molecule has 2 nitrogen and oxygen atoms in total. The van der Waals surface area contributed by atoms with Crippen LogP contribution in [0.15, 0.2) is 30.3 Å². The number of carbonyl (C=O) groups excluding carboxylic acids is 2. The molecule has 0 aromatic heterocycles. The molecule has 15 heavy (non-hydrogen) atoms. The molecule has 1 atom stereocenters. The molecular weight excluding hydrogens is 265 g/mol. The number of benzene rings is 1. The van der Waals surface area contributed by atoms with Crippen LogP contribution in [0.1, 0.15) is 25.3 Å². The van der Waals surface area contributed by atoms with Gasteiger partial charge in [-0.2, -0.15) is 0 Å². The van der Waals surface area contributed by atoms with Crippen molar-refractivity contribution >= 4 is 11.6 Å². The Morgan fingerprint density at radius 3 is 2.07 bits per heavy atom. The summed E-state index contributed by atoms with van der Waals surface area (Å²) in [5.41, 5.74) is 0.871.